The van der Waals surface area contributed by atoms with Crippen molar-refractivity contribution in [3.8, 4) is 0 Å². The summed E-state index contributed by atoms with van der Waals surface area (Å²) in [5, 5.41) is 26.8. The predicted octanol–water partition coefficient (Wildman–Crippen LogP) is -4.18. The second kappa shape index (κ2) is 16.7. The molecule has 19 nitrogen and oxygen atoms in total. The van der Waals surface area contributed by atoms with Gasteiger partial charge in [0, 0.05) is 49.7 Å². The number of carbonyl (C=O) groups excluding carboxylic acids is 4. The number of nitrogens with zero attached hydrogens (tertiary/aromatic N) is 4. The van der Waals surface area contributed by atoms with E-state index in [0.29, 0.717) is 24.2 Å². The van der Waals surface area contributed by atoms with Gasteiger partial charge in [-0.15, -0.1) is 0 Å². The molecule has 0 saturated carbocycles. The smallest absolute Gasteiger partial charge is 0.326 e. The molecule has 1 aliphatic heterocycles. The Hall–Kier alpha value is -5.04. The van der Waals surface area contributed by atoms with Gasteiger partial charge in [0.2, 0.25) is 23.6 Å². The maximum Gasteiger partial charge on any atom is 0.326 e. The van der Waals surface area contributed by atoms with Gasteiger partial charge in [-0.3, -0.25) is 24.2 Å². The standard InChI is InChI=1S/C26H40N12O7/c27-16(11-39)24(43)38-6-2-4-20(38)23(42)35-17(3-1-5-32-26(28)29)21(40)36-18(7-14-9-30-12-33-14)22(41)37-19(25(44)45)8-15-10-31-13-34-15/h9-10,12-13,16-20,39H,1-8,11,27H2,(H,30,33)(H,31,34)(H,35,42)(H,36,40)(H,37,41)(H,44,45)(H4,28,29,32)/t16-,17-,18-,19-,20-/m0/s1. The van der Waals surface area contributed by atoms with Crippen molar-refractivity contribution in [1.82, 2.24) is 40.8 Å². The first-order chi connectivity index (χ1) is 21.5. The number of aromatic amines is 2. The van der Waals surface area contributed by atoms with Gasteiger partial charge >= 0.3 is 5.97 Å². The lowest BCUT2D eigenvalue weighted by atomic mass is 10.1. The lowest BCUT2D eigenvalue weighted by Crippen LogP contribution is -2.58. The number of hydrogen-bond donors (Lipinski definition) is 10. The molecule has 5 atom stereocenters. The molecule has 3 heterocycles. The SMILES string of the molecule is NC(N)=NCCC[C@H](NC(=O)[C@@H]1CCCN1C(=O)[C@@H](N)CO)C(=O)N[C@@H](Cc1cnc[nH]1)C(=O)N[C@@H](Cc1cnc[nH]1)C(=O)O. The van der Waals surface area contributed by atoms with Crippen LogP contribution in [0.25, 0.3) is 0 Å². The summed E-state index contributed by atoms with van der Waals surface area (Å²) in [4.78, 5) is 83.5. The molecule has 1 fully saturated rings. The molecule has 2 aromatic heterocycles. The first-order valence-electron chi connectivity index (χ1n) is 14.3. The largest absolute Gasteiger partial charge is 0.480 e. The number of imidazole rings is 2. The second-order valence-corrected chi connectivity index (χ2v) is 10.5. The van der Waals surface area contributed by atoms with Crippen LogP contribution in [0.1, 0.15) is 37.1 Å². The van der Waals surface area contributed by atoms with Crippen LogP contribution >= 0.6 is 0 Å². The quantitative estimate of drug-likeness (QED) is 0.0451. The Morgan fingerprint density at radius 2 is 1.58 bits per heavy atom. The third-order valence-corrected chi connectivity index (χ3v) is 7.14. The van der Waals surface area contributed by atoms with Crippen LogP contribution in [0.3, 0.4) is 0 Å². The molecule has 0 radical (unpaired) electrons. The fourth-order valence-electron chi connectivity index (χ4n) is 4.82. The summed E-state index contributed by atoms with van der Waals surface area (Å²) in [7, 11) is 0. The van der Waals surface area contributed by atoms with E-state index >= 15 is 0 Å². The van der Waals surface area contributed by atoms with Crippen LogP contribution in [0.5, 0.6) is 0 Å². The highest BCUT2D eigenvalue weighted by Crippen LogP contribution is 2.19. The van der Waals surface area contributed by atoms with E-state index in [9.17, 15) is 34.2 Å². The van der Waals surface area contributed by atoms with Crippen LogP contribution in [0.4, 0.5) is 0 Å². The lowest BCUT2D eigenvalue weighted by Gasteiger charge is -2.28. The van der Waals surface area contributed by atoms with Gasteiger partial charge in [-0.2, -0.15) is 0 Å². The molecule has 0 aliphatic carbocycles. The van der Waals surface area contributed by atoms with Crippen molar-refractivity contribution in [2.75, 3.05) is 19.7 Å². The van der Waals surface area contributed by atoms with E-state index < -0.39 is 66.4 Å². The van der Waals surface area contributed by atoms with E-state index in [1.54, 1.807) is 0 Å². The highest BCUT2D eigenvalue weighted by molar-refractivity contribution is 5.95. The third-order valence-electron chi connectivity index (χ3n) is 7.14. The maximum absolute atomic E-state index is 13.6. The van der Waals surface area contributed by atoms with Gasteiger partial charge in [0.25, 0.3) is 0 Å². The van der Waals surface area contributed by atoms with Crippen molar-refractivity contribution in [3.63, 3.8) is 0 Å². The summed E-state index contributed by atoms with van der Waals surface area (Å²) in [5.74, 6) is -4.20. The minimum Gasteiger partial charge on any atom is -0.480 e. The Morgan fingerprint density at radius 1 is 0.978 bits per heavy atom. The van der Waals surface area contributed by atoms with E-state index in [1.807, 2.05) is 0 Å². The van der Waals surface area contributed by atoms with Gasteiger partial charge in [0.05, 0.1) is 19.3 Å². The van der Waals surface area contributed by atoms with Crippen molar-refractivity contribution in [3.05, 3.63) is 36.4 Å². The van der Waals surface area contributed by atoms with Gasteiger partial charge in [-0.1, -0.05) is 0 Å². The number of rotatable bonds is 17. The van der Waals surface area contributed by atoms with Crippen LogP contribution in [-0.4, -0.2) is 121 Å². The molecular weight excluding hydrogens is 592 g/mol. The second-order valence-electron chi connectivity index (χ2n) is 10.5. The number of carboxylic acids is 1. The van der Waals surface area contributed by atoms with Gasteiger partial charge in [0.1, 0.15) is 30.2 Å². The average molecular weight is 633 g/mol. The Morgan fingerprint density at radius 3 is 2.13 bits per heavy atom. The first kappa shape index (κ1) is 34.5. The number of carbonyl (C=O) groups is 5. The van der Waals surface area contributed by atoms with Crippen molar-refractivity contribution >= 4 is 35.6 Å². The first-order valence-corrected chi connectivity index (χ1v) is 14.3. The number of aromatic nitrogens is 4. The highest BCUT2D eigenvalue weighted by atomic mass is 16.4. The Labute approximate surface area is 257 Å². The number of nitrogens with two attached hydrogens (primary N) is 3. The molecule has 1 saturated heterocycles. The molecule has 19 heteroatoms. The molecule has 0 aromatic carbocycles. The maximum atomic E-state index is 13.6. The summed E-state index contributed by atoms with van der Waals surface area (Å²) >= 11 is 0. The van der Waals surface area contributed by atoms with E-state index in [-0.39, 0.29) is 44.7 Å². The Balaban J connectivity index is 1.79. The summed E-state index contributed by atoms with van der Waals surface area (Å²) in [5.41, 5.74) is 17.4. The molecule has 13 N–H and O–H groups in total. The molecule has 0 spiro atoms. The van der Waals surface area contributed by atoms with Crippen LogP contribution in [0.2, 0.25) is 0 Å². The molecule has 246 valence electrons. The summed E-state index contributed by atoms with van der Waals surface area (Å²) in [6.07, 6.45) is 6.62. The third kappa shape index (κ3) is 10.3. The zero-order valence-corrected chi connectivity index (χ0v) is 24.5. The molecule has 0 unspecified atom stereocenters. The zero-order chi connectivity index (χ0) is 32.9. The van der Waals surface area contributed by atoms with Gasteiger partial charge in [-0.25, -0.2) is 14.8 Å². The van der Waals surface area contributed by atoms with Crippen LogP contribution < -0.4 is 33.2 Å². The van der Waals surface area contributed by atoms with Gasteiger partial charge in [0.15, 0.2) is 5.96 Å². The Kier molecular flexibility index (Phi) is 12.8. The summed E-state index contributed by atoms with van der Waals surface area (Å²) in [6, 6.07) is -5.92. The predicted molar refractivity (Wildman–Crippen MR) is 158 cm³/mol. The summed E-state index contributed by atoms with van der Waals surface area (Å²) < 4.78 is 0. The molecule has 4 amide bonds. The number of aliphatic carboxylic acids is 1. The molecule has 2 aromatic rings. The number of amides is 4. The Bertz CT molecular complexity index is 1310. The number of guanidine groups is 1. The minimum absolute atomic E-state index is 0.0567. The molecule has 45 heavy (non-hydrogen) atoms. The number of aliphatic hydroxyl groups is 1. The van der Waals surface area contributed by atoms with E-state index in [2.05, 4.69) is 40.9 Å². The summed E-state index contributed by atoms with van der Waals surface area (Å²) in [6.45, 7) is -0.196. The number of H-pyrrole nitrogens is 2. The number of carboxylic acid groups (broad SMARTS) is 1. The van der Waals surface area contributed by atoms with Crippen molar-refractivity contribution in [2.45, 2.75) is 68.7 Å². The lowest BCUT2D eigenvalue weighted by molar-refractivity contribution is -0.142. The fourth-order valence-corrected chi connectivity index (χ4v) is 4.82. The van der Waals surface area contributed by atoms with Crippen molar-refractivity contribution < 1.29 is 34.2 Å². The fraction of sp³-hybridized carbons (Fsp3) is 0.538. The highest BCUT2D eigenvalue weighted by Gasteiger charge is 2.38. The van der Waals surface area contributed by atoms with Gasteiger partial charge in [-0.05, 0) is 25.7 Å². The normalized spacial score (nSPS) is 17.0. The molecular formula is C26H40N12O7. The zero-order valence-electron chi connectivity index (χ0n) is 24.5. The van der Waals surface area contributed by atoms with Crippen LogP contribution in [0, 0.1) is 0 Å². The minimum atomic E-state index is -1.34. The van der Waals surface area contributed by atoms with Gasteiger partial charge < -0.3 is 58.2 Å². The number of likely N-dealkylation sites (tertiary alicyclic amines) is 1. The number of hydrogen-bond acceptors (Lipinski definition) is 10. The van der Waals surface area contributed by atoms with Crippen molar-refractivity contribution in [1.29, 1.82) is 0 Å². The monoisotopic (exact) mass is 632 g/mol. The number of aliphatic imine (C=N–C) groups is 1. The topological polar surface area (TPSA) is 313 Å². The van der Waals surface area contributed by atoms with E-state index in [1.165, 1.54) is 29.9 Å². The molecule has 3 rings (SSSR count). The van der Waals surface area contributed by atoms with E-state index in [0.717, 1.165) is 0 Å². The van der Waals surface area contributed by atoms with Crippen LogP contribution in [0.15, 0.2) is 30.0 Å². The average Bonchev–Trinajstić information content (AvgIpc) is 3.80. The van der Waals surface area contributed by atoms with Crippen molar-refractivity contribution in [2.24, 2.45) is 22.2 Å². The molecule has 0 bridgehead atoms. The van der Waals surface area contributed by atoms with E-state index in [4.69, 9.17) is 17.2 Å². The number of nitrogens with one attached hydrogen (secondary N) is 5. The van der Waals surface area contributed by atoms with Crippen LogP contribution in [-0.2, 0) is 36.8 Å². The number of aliphatic hydroxyl groups excluding tert-OH is 1. The molecule has 1 aliphatic rings.